The second kappa shape index (κ2) is 9.94. The molecule has 0 aliphatic carbocycles. The maximum absolute atomic E-state index is 13.5. The van der Waals surface area contributed by atoms with Crippen LogP contribution < -0.4 is 9.47 Å². The van der Waals surface area contributed by atoms with Crippen LogP contribution >= 0.6 is 11.3 Å². The molecule has 0 N–H and O–H groups in total. The van der Waals surface area contributed by atoms with E-state index in [-0.39, 0.29) is 12.0 Å². The van der Waals surface area contributed by atoms with Crippen LogP contribution in [0.15, 0.2) is 53.9 Å². The van der Waals surface area contributed by atoms with Crippen molar-refractivity contribution in [1.29, 1.82) is 0 Å². The van der Waals surface area contributed by atoms with E-state index in [0.717, 1.165) is 47.1 Å². The van der Waals surface area contributed by atoms with Gasteiger partial charge in [-0.1, -0.05) is 30.3 Å². The molecule has 162 valence electrons. The lowest BCUT2D eigenvalue weighted by molar-refractivity contribution is 0.0502. The number of hydrogen-bond donors (Lipinski definition) is 0. The highest BCUT2D eigenvalue weighted by Gasteiger charge is 2.26. The van der Waals surface area contributed by atoms with Gasteiger partial charge in [-0.05, 0) is 31.0 Å². The lowest BCUT2D eigenvalue weighted by atomic mass is 10.1. The highest BCUT2D eigenvalue weighted by Crippen LogP contribution is 2.32. The maximum Gasteiger partial charge on any atom is 0.273 e. The summed E-state index contributed by atoms with van der Waals surface area (Å²) in [5, 5.41) is 2.57. The standard InChI is InChI=1S/C24H26N2O4S/c1-28-21-11-5-3-8-17(21)14-26(15-18-9-7-13-30-18)24(27)20-16-31-23(25-20)19-10-4-6-12-22(19)29-2/h3-6,8,10-12,16,18H,7,9,13-15H2,1-2H3. The fourth-order valence-electron chi connectivity index (χ4n) is 3.77. The summed E-state index contributed by atoms with van der Waals surface area (Å²) in [6.07, 6.45) is 2.03. The summed E-state index contributed by atoms with van der Waals surface area (Å²) in [5.74, 6) is 1.39. The van der Waals surface area contributed by atoms with Crippen LogP contribution in [0.4, 0.5) is 0 Å². The molecule has 1 aromatic heterocycles. The summed E-state index contributed by atoms with van der Waals surface area (Å²) in [4.78, 5) is 19.9. The Morgan fingerprint density at radius 3 is 2.61 bits per heavy atom. The first-order valence-corrected chi connectivity index (χ1v) is 11.2. The fraction of sp³-hybridized carbons (Fsp3) is 0.333. The van der Waals surface area contributed by atoms with Gasteiger partial charge < -0.3 is 19.1 Å². The van der Waals surface area contributed by atoms with E-state index < -0.39 is 0 Å². The monoisotopic (exact) mass is 438 g/mol. The fourth-order valence-corrected chi connectivity index (χ4v) is 4.60. The molecule has 1 fully saturated rings. The molecule has 0 radical (unpaired) electrons. The number of thiazole rings is 1. The molecule has 2 aromatic carbocycles. The molecule has 1 amide bonds. The predicted molar refractivity (Wildman–Crippen MR) is 121 cm³/mol. The Labute approximate surface area is 186 Å². The van der Waals surface area contributed by atoms with Gasteiger partial charge in [-0.2, -0.15) is 0 Å². The van der Waals surface area contributed by atoms with Gasteiger partial charge in [0.2, 0.25) is 0 Å². The van der Waals surface area contributed by atoms with Crippen LogP contribution in [0.5, 0.6) is 11.5 Å². The van der Waals surface area contributed by atoms with Crippen LogP contribution in [0.2, 0.25) is 0 Å². The third kappa shape index (κ3) is 4.89. The largest absolute Gasteiger partial charge is 0.496 e. The molecule has 1 aliphatic heterocycles. The summed E-state index contributed by atoms with van der Waals surface area (Å²) < 4.78 is 16.8. The molecular weight excluding hydrogens is 412 g/mol. The third-order valence-corrected chi connectivity index (χ3v) is 6.23. The quantitative estimate of drug-likeness (QED) is 0.512. The van der Waals surface area contributed by atoms with Crippen molar-refractivity contribution in [1.82, 2.24) is 9.88 Å². The minimum absolute atomic E-state index is 0.0472. The van der Waals surface area contributed by atoms with Gasteiger partial charge in [0.15, 0.2) is 0 Å². The smallest absolute Gasteiger partial charge is 0.273 e. The van der Waals surface area contributed by atoms with Crippen LogP contribution in [0.3, 0.4) is 0 Å². The highest BCUT2D eigenvalue weighted by atomic mass is 32.1. The SMILES string of the molecule is COc1ccccc1CN(CC1CCCO1)C(=O)c1csc(-c2ccccc2OC)n1. The lowest BCUT2D eigenvalue weighted by Crippen LogP contribution is -2.37. The van der Waals surface area contributed by atoms with Crippen molar-refractivity contribution in [3.63, 3.8) is 0 Å². The number of amides is 1. The summed E-state index contributed by atoms with van der Waals surface area (Å²) in [6.45, 7) is 1.71. The van der Waals surface area contributed by atoms with E-state index in [9.17, 15) is 4.79 Å². The van der Waals surface area contributed by atoms with Crippen molar-refractivity contribution in [2.45, 2.75) is 25.5 Å². The Hall–Kier alpha value is -2.90. The van der Waals surface area contributed by atoms with Gasteiger partial charge in [0.1, 0.15) is 22.2 Å². The minimum Gasteiger partial charge on any atom is -0.496 e. The highest BCUT2D eigenvalue weighted by molar-refractivity contribution is 7.13. The molecule has 6 nitrogen and oxygen atoms in total. The predicted octanol–water partition coefficient (Wildman–Crippen LogP) is 4.65. The number of carbonyl (C=O) groups is 1. The Kier molecular flexibility index (Phi) is 6.84. The molecule has 0 bridgehead atoms. The minimum atomic E-state index is -0.112. The zero-order valence-corrected chi connectivity index (χ0v) is 18.6. The van der Waals surface area contributed by atoms with Gasteiger partial charge in [-0.15, -0.1) is 11.3 Å². The number of para-hydroxylation sites is 2. The van der Waals surface area contributed by atoms with E-state index in [4.69, 9.17) is 14.2 Å². The summed E-state index contributed by atoms with van der Waals surface area (Å²) in [7, 11) is 3.28. The van der Waals surface area contributed by atoms with Gasteiger partial charge in [0, 0.05) is 30.6 Å². The molecule has 0 saturated carbocycles. The molecule has 1 saturated heterocycles. The number of carbonyl (C=O) groups excluding carboxylic acids is 1. The van der Waals surface area contributed by atoms with Crippen LogP contribution in [0, 0.1) is 0 Å². The van der Waals surface area contributed by atoms with Crippen molar-refractivity contribution in [3.8, 4) is 22.1 Å². The van der Waals surface area contributed by atoms with E-state index in [0.29, 0.717) is 18.8 Å². The van der Waals surface area contributed by atoms with Crippen LogP contribution in [-0.4, -0.2) is 49.3 Å². The summed E-state index contributed by atoms with van der Waals surface area (Å²) in [5.41, 5.74) is 2.26. The molecule has 1 aliphatic rings. The second-order valence-electron chi connectivity index (χ2n) is 7.37. The van der Waals surface area contributed by atoms with Gasteiger partial charge in [0.05, 0.1) is 25.9 Å². The van der Waals surface area contributed by atoms with Crippen LogP contribution in [0.25, 0.3) is 10.6 Å². The molecule has 1 unspecified atom stereocenters. The first-order chi connectivity index (χ1) is 15.2. The average Bonchev–Trinajstić information content (AvgIpc) is 3.51. The van der Waals surface area contributed by atoms with Crippen molar-refractivity contribution in [3.05, 3.63) is 65.2 Å². The summed E-state index contributed by atoms with van der Waals surface area (Å²) >= 11 is 1.44. The Bertz CT molecular complexity index is 1030. The van der Waals surface area contributed by atoms with Gasteiger partial charge in [0.25, 0.3) is 5.91 Å². The van der Waals surface area contributed by atoms with E-state index in [1.807, 2.05) is 58.8 Å². The Balaban J connectivity index is 1.60. The van der Waals surface area contributed by atoms with Crippen LogP contribution in [-0.2, 0) is 11.3 Å². The van der Waals surface area contributed by atoms with Gasteiger partial charge in [-0.25, -0.2) is 4.98 Å². The zero-order chi connectivity index (χ0) is 21.6. The number of ether oxygens (including phenoxy) is 3. The lowest BCUT2D eigenvalue weighted by Gasteiger charge is -2.25. The first-order valence-electron chi connectivity index (χ1n) is 10.3. The van der Waals surface area contributed by atoms with Gasteiger partial charge >= 0.3 is 0 Å². The molecular formula is C24H26N2O4S. The topological polar surface area (TPSA) is 60.9 Å². The van der Waals surface area contributed by atoms with E-state index in [1.54, 1.807) is 14.2 Å². The van der Waals surface area contributed by atoms with Crippen LogP contribution in [0.1, 0.15) is 28.9 Å². The maximum atomic E-state index is 13.5. The normalized spacial score (nSPS) is 15.6. The Morgan fingerprint density at radius 2 is 1.87 bits per heavy atom. The second-order valence-corrected chi connectivity index (χ2v) is 8.23. The summed E-state index contributed by atoms with van der Waals surface area (Å²) in [6, 6.07) is 15.5. The number of hydrogen-bond acceptors (Lipinski definition) is 6. The number of aromatic nitrogens is 1. The van der Waals surface area contributed by atoms with Crippen molar-refractivity contribution in [2.75, 3.05) is 27.4 Å². The zero-order valence-electron chi connectivity index (χ0n) is 17.7. The Morgan fingerprint density at radius 1 is 1.13 bits per heavy atom. The molecule has 2 heterocycles. The number of methoxy groups -OCH3 is 2. The van der Waals surface area contributed by atoms with E-state index in [1.165, 1.54) is 11.3 Å². The van der Waals surface area contributed by atoms with E-state index >= 15 is 0 Å². The number of rotatable bonds is 8. The van der Waals surface area contributed by atoms with Crippen molar-refractivity contribution < 1.29 is 19.0 Å². The van der Waals surface area contributed by atoms with E-state index in [2.05, 4.69) is 4.98 Å². The molecule has 4 rings (SSSR count). The van der Waals surface area contributed by atoms with Gasteiger partial charge in [-0.3, -0.25) is 4.79 Å². The third-order valence-electron chi connectivity index (χ3n) is 5.35. The molecule has 1 atom stereocenters. The molecule has 7 heteroatoms. The average molecular weight is 439 g/mol. The molecule has 3 aromatic rings. The van der Waals surface area contributed by atoms with Crippen molar-refractivity contribution >= 4 is 17.2 Å². The van der Waals surface area contributed by atoms with Crippen molar-refractivity contribution in [2.24, 2.45) is 0 Å². The number of nitrogens with zero attached hydrogens (tertiary/aromatic N) is 2. The molecule has 31 heavy (non-hydrogen) atoms. The number of benzene rings is 2. The molecule has 0 spiro atoms. The first kappa shape index (κ1) is 21.3.